The van der Waals surface area contributed by atoms with Gasteiger partial charge in [0.25, 0.3) is 0 Å². The summed E-state index contributed by atoms with van der Waals surface area (Å²) < 4.78 is 10.4. The first-order valence-electron chi connectivity index (χ1n) is 8.20. The average Bonchev–Trinajstić information content (AvgIpc) is 2.63. The molecule has 6 nitrogen and oxygen atoms in total. The highest BCUT2D eigenvalue weighted by atomic mass is 16.6. The second kappa shape index (κ2) is 7.36. The van der Waals surface area contributed by atoms with Crippen molar-refractivity contribution in [3.8, 4) is 17.2 Å². The fourth-order valence-corrected chi connectivity index (χ4v) is 2.76. The number of ether oxygens (including phenoxy) is 2. The van der Waals surface area contributed by atoms with Gasteiger partial charge >= 0.3 is 11.9 Å². The van der Waals surface area contributed by atoms with Crippen LogP contribution in [0.2, 0.25) is 0 Å². The largest absolute Gasteiger partial charge is 0.502 e. The third kappa shape index (κ3) is 3.64. The van der Waals surface area contributed by atoms with E-state index in [-0.39, 0.29) is 17.2 Å². The number of nitrogens with one attached hydrogen (secondary N) is 1. The van der Waals surface area contributed by atoms with Crippen molar-refractivity contribution in [1.29, 1.82) is 0 Å². The van der Waals surface area contributed by atoms with Gasteiger partial charge in [-0.3, -0.25) is 0 Å². The van der Waals surface area contributed by atoms with Gasteiger partial charge in [-0.1, -0.05) is 25.1 Å². The zero-order chi connectivity index (χ0) is 17.8. The van der Waals surface area contributed by atoms with Crippen molar-refractivity contribution < 1.29 is 24.2 Å². The van der Waals surface area contributed by atoms with E-state index in [4.69, 9.17) is 9.47 Å². The first-order chi connectivity index (χ1) is 12.1. The Morgan fingerprint density at radius 1 is 1.04 bits per heavy atom. The molecule has 0 unspecified atom stereocenters. The normalized spacial score (nSPS) is 15.1. The lowest BCUT2D eigenvalue weighted by molar-refractivity contribution is -0.131. The highest BCUT2D eigenvalue weighted by Gasteiger charge is 2.21. The van der Waals surface area contributed by atoms with Crippen LogP contribution in [0, 0.1) is 0 Å². The molecular formula is C19H19NO5. The number of carbonyl (C=O) groups excluding carboxylic acids is 2. The minimum absolute atomic E-state index is 0.000201. The molecule has 0 aliphatic carbocycles. The quantitative estimate of drug-likeness (QED) is 0.494. The van der Waals surface area contributed by atoms with E-state index in [9.17, 15) is 14.7 Å². The topological polar surface area (TPSA) is 84.9 Å². The highest BCUT2D eigenvalue weighted by Crippen LogP contribution is 2.44. The number of phenols is 1. The number of hydrogen-bond donors (Lipinski definition) is 2. The van der Waals surface area contributed by atoms with E-state index < -0.39 is 11.9 Å². The standard InChI is InChI=1S/C19H19NO5/c1-2-9-20-10-8-12-4-3-5-13-14(12)11-15-18(23)19(13)25-17(22)7-6-16(21)24-15/h3-7,11,20,23H,2,8-10H2,1H3/b7-6+. The van der Waals surface area contributed by atoms with Crippen molar-refractivity contribution in [2.45, 2.75) is 19.8 Å². The van der Waals surface area contributed by atoms with Gasteiger partial charge in [0.05, 0.1) is 0 Å². The lowest BCUT2D eigenvalue weighted by atomic mass is 10.0. The van der Waals surface area contributed by atoms with Crippen LogP contribution in [0.4, 0.5) is 0 Å². The molecule has 2 N–H and O–H groups in total. The fraction of sp³-hybridized carbons (Fsp3) is 0.263. The second-order valence-corrected chi connectivity index (χ2v) is 5.74. The van der Waals surface area contributed by atoms with E-state index in [1.807, 2.05) is 12.1 Å². The summed E-state index contributed by atoms with van der Waals surface area (Å²) in [5.74, 6) is -1.88. The van der Waals surface area contributed by atoms with Gasteiger partial charge in [-0.25, -0.2) is 9.59 Å². The van der Waals surface area contributed by atoms with Crippen LogP contribution in [-0.4, -0.2) is 30.1 Å². The molecule has 1 aliphatic rings. The van der Waals surface area contributed by atoms with Crippen LogP contribution >= 0.6 is 0 Å². The Morgan fingerprint density at radius 3 is 2.56 bits per heavy atom. The molecule has 0 aromatic heterocycles. The monoisotopic (exact) mass is 341 g/mol. The third-order valence-electron chi connectivity index (χ3n) is 3.93. The summed E-state index contributed by atoms with van der Waals surface area (Å²) in [6, 6.07) is 7.17. The van der Waals surface area contributed by atoms with Crippen molar-refractivity contribution in [2.24, 2.45) is 0 Å². The van der Waals surface area contributed by atoms with Gasteiger partial charge in [-0.05, 0) is 42.9 Å². The number of phenolic OH excluding ortho intramolecular Hbond substituents is 1. The maximum absolute atomic E-state index is 11.8. The molecule has 0 radical (unpaired) electrons. The maximum Gasteiger partial charge on any atom is 0.336 e. The second-order valence-electron chi connectivity index (χ2n) is 5.74. The first-order valence-corrected chi connectivity index (χ1v) is 8.20. The summed E-state index contributed by atoms with van der Waals surface area (Å²) in [6.45, 7) is 3.83. The van der Waals surface area contributed by atoms with E-state index in [0.717, 1.165) is 49.0 Å². The smallest absolute Gasteiger partial charge is 0.336 e. The molecule has 0 atom stereocenters. The number of rotatable bonds is 5. The van der Waals surface area contributed by atoms with Crippen LogP contribution in [0.25, 0.3) is 10.8 Å². The Bertz CT molecular complexity index is 857. The SMILES string of the molecule is CCCNCCc1cccc2c3c(O)c(cc12)OC(=O)/C=C/C(=O)O3. The van der Waals surface area contributed by atoms with E-state index >= 15 is 0 Å². The molecule has 1 heterocycles. The predicted molar refractivity (Wildman–Crippen MR) is 92.9 cm³/mol. The predicted octanol–water partition coefficient (Wildman–Crippen LogP) is 2.47. The lowest BCUT2D eigenvalue weighted by Gasteiger charge is -2.14. The summed E-state index contributed by atoms with van der Waals surface area (Å²) in [6.07, 6.45) is 3.75. The Morgan fingerprint density at radius 2 is 1.80 bits per heavy atom. The summed E-state index contributed by atoms with van der Waals surface area (Å²) in [5.41, 5.74) is 1.00. The van der Waals surface area contributed by atoms with E-state index in [1.54, 1.807) is 12.1 Å². The summed E-state index contributed by atoms with van der Waals surface area (Å²) in [5, 5.41) is 15.0. The Balaban J connectivity index is 2.09. The van der Waals surface area contributed by atoms with Crippen molar-refractivity contribution in [3.05, 3.63) is 42.0 Å². The Kier molecular flexibility index (Phi) is 5.00. The van der Waals surface area contributed by atoms with Crippen molar-refractivity contribution in [2.75, 3.05) is 13.1 Å². The van der Waals surface area contributed by atoms with E-state index in [2.05, 4.69) is 12.2 Å². The maximum atomic E-state index is 11.8. The van der Waals surface area contributed by atoms with Gasteiger partial charge in [-0.15, -0.1) is 0 Å². The van der Waals surface area contributed by atoms with Crippen LogP contribution in [0.5, 0.6) is 17.2 Å². The van der Waals surface area contributed by atoms with Crippen molar-refractivity contribution in [3.63, 3.8) is 0 Å². The molecule has 6 heteroatoms. The van der Waals surface area contributed by atoms with Crippen molar-refractivity contribution in [1.82, 2.24) is 5.32 Å². The third-order valence-corrected chi connectivity index (χ3v) is 3.93. The van der Waals surface area contributed by atoms with Crippen molar-refractivity contribution >= 4 is 22.7 Å². The summed E-state index contributed by atoms with van der Waals surface area (Å²) in [7, 11) is 0. The number of hydrogen-bond acceptors (Lipinski definition) is 6. The average molecular weight is 341 g/mol. The molecule has 0 amide bonds. The molecule has 25 heavy (non-hydrogen) atoms. The molecule has 2 bridgehead atoms. The fourth-order valence-electron chi connectivity index (χ4n) is 2.76. The van der Waals surface area contributed by atoms with Gasteiger partial charge in [0.1, 0.15) is 0 Å². The number of fused-ring (bicyclic) bond motifs is 4. The van der Waals surface area contributed by atoms with Gasteiger partial charge in [-0.2, -0.15) is 0 Å². The first kappa shape index (κ1) is 17.0. The van der Waals surface area contributed by atoms with E-state index in [1.165, 1.54) is 0 Å². The van der Waals surface area contributed by atoms with E-state index in [0.29, 0.717) is 5.39 Å². The van der Waals surface area contributed by atoms with Crippen LogP contribution in [0.1, 0.15) is 18.9 Å². The molecule has 130 valence electrons. The van der Waals surface area contributed by atoms with Crippen LogP contribution in [0.15, 0.2) is 36.4 Å². The summed E-state index contributed by atoms with van der Waals surface area (Å²) in [4.78, 5) is 23.5. The van der Waals surface area contributed by atoms with Gasteiger partial charge in [0.2, 0.25) is 5.75 Å². The zero-order valence-corrected chi connectivity index (χ0v) is 13.9. The molecule has 2 aromatic carbocycles. The number of carbonyl (C=O) groups is 2. The Labute approximate surface area is 145 Å². The van der Waals surface area contributed by atoms with Crippen LogP contribution < -0.4 is 14.8 Å². The molecule has 1 aliphatic heterocycles. The van der Waals surface area contributed by atoms with Gasteiger partial charge in [0, 0.05) is 17.5 Å². The lowest BCUT2D eigenvalue weighted by Crippen LogP contribution is -2.17. The molecular weight excluding hydrogens is 322 g/mol. The highest BCUT2D eigenvalue weighted by molar-refractivity contribution is 6.01. The minimum atomic E-state index is -0.749. The molecule has 0 saturated heterocycles. The molecule has 3 rings (SSSR count). The van der Waals surface area contributed by atoms with Crippen LogP contribution in [-0.2, 0) is 16.0 Å². The van der Waals surface area contributed by atoms with Crippen LogP contribution in [0.3, 0.4) is 0 Å². The van der Waals surface area contributed by atoms with Gasteiger partial charge < -0.3 is 19.9 Å². The van der Waals surface area contributed by atoms with Gasteiger partial charge in [0.15, 0.2) is 11.5 Å². The Hall–Kier alpha value is -2.86. The molecule has 0 fully saturated rings. The number of benzene rings is 2. The molecule has 0 spiro atoms. The zero-order valence-electron chi connectivity index (χ0n) is 13.9. The molecule has 2 aromatic rings. The summed E-state index contributed by atoms with van der Waals surface area (Å²) >= 11 is 0. The minimum Gasteiger partial charge on any atom is -0.502 e. The number of esters is 2. The number of aromatic hydroxyl groups is 1. The molecule has 0 saturated carbocycles.